The van der Waals surface area contributed by atoms with Crippen LogP contribution in [0.5, 0.6) is 5.75 Å². The molecule has 0 fully saturated rings. The van der Waals surface area contributed by atoms with E-state index in [0.717, 1.165) is 38.9 Å². The predicted molar refractivity (Wildman–Crippen MR) is 120 cm³/mol. The summed E-state index contributed by atoms with van der Waals surface area (Å²) in [6, 6.07) is 23.7. The number of benzene rings is 3. The molecule has 1 atom stereocenters. The van der Waals surface area contributed by atoms with E-state index in [-0.39, 0.29) is 11.2 Å². The van der Waals surface area contributed by atoms with Crippen LogP contribution in [0.1, 0.15) is 17.5 Å². The SMILES string of the molecule is COc1ccc(C2=Nc3ccccc3S[C@H]2CC(=O)Nc2ccccc2C)cc1. The van der Waals surface area contributed by atoms with Gasteiger partial charge in [-0.15, -0.1) is 11.8 Å². The van der Waals surface area contributed by atoms with Crippen molar-refractivity contribution in [3.05, 3.63) is 83.9 Å². The summed E-state index contributed by atoms with van der Waals surface area (Å²) < 4.78 is 5.27. The normalized spacial score (nSPS) is 15.2. The Labute approximate surface area is 175 Å². The van der Waals surface area contributed by atoms with Crippen molar-refractivity contribution < 1.29 is 9.53 Å². The highest BCUT2D eigenvalue weighted by atomic mass is 32.2. The maximum atomic E-state index is 12.8. The average Bonchev–Trinajstić information content (AvgIpc) is 2.75. The first-order valence-electron chi connectivity index (χ1n) is 9.48. The van der Waals surface area contributed by atoms with Crippen molar-refractivity contribution in [3.8, 4) is 5.75 Å². The fraction of sp³-hybridized carbons (Fsp3) is 0.167. The zero-order valence-electron chi connectivity index (χ0n) is 16.4. The van der Waals surface area contributed by atoms with E-state index in [1.165, 1.54) is 0 Å². The van der Waals surface area contributed by atoms with E-state index in [0.29, 0.717) is 6.42 Å². The summed E-state index contributed by atoms with van der Waals surface area (Å²) in [4.78, 5) is 18.8. The number of thioether (sulfide) groups is 1. The highest BCUT2D eigenvalue weighted by Crippen LogP contribution is 2.40. The molecule has 0 saturated carbocycles. The molecule has 0 spiro atoms. The third kappa shape index (κ3) is 4.35. The number of hydrogen-bond acceptors (Lipinski definition) is 4. The number of carbonyl (C=O) groups is 1. The topological polar surface area (TPSA) is 50.7 Å². The molecule has 5 heteroatoms. The third-order valence-electron chi connectivity index (χ3n) is 4.86. The van der Waals surface area contributed by atoms with Gasteiger partial charge in [0, 0.05) is 17.0 Å². The molecule has 1 amide bonds. The lowest BCUT2D eigenvalue weighted by Gasteiger charge is -2.24. The van der Waals surface area contributed by atoms with E-state index in [4.69, 9.17) is 9.73 Å². The van der Waals surface area contributed by atoms with Crippen LogP contribution in [-0.4, -0.2) is 24.0 Å². The van der Waals surface area contributed by atoms with Gasteiger partial charge in [0.15, 0.2) is 0 Å². The van der Waals surface area contributed by atoms with Gasteiger partial charge in [-0.2, -0.15) is 0 Å². The first-order chi connectivity index (χ1) is 14.1. The Morgan fingerprint density at radius 2 is 1.76 bits per heavy atom. The van der Waals surface area contributed by atoms with E-state index in [9.17, 15) is 4.79 Å². The van der Waals surface area contributed by atoms with Gasteiger partial charge in [0.25, 0.3) is 0 Å². The van der Waals surface area contributed by atoms with Gasteiger partial charge >= 0.3 is 0 Å². The smallest absolute Gasteiger partial charge is 0.225 e. The lowest BCUT2D eigenvalue weighted by Crippen LogP contribution is -2.27. The van der Waals surface area contributed by atoms with Crippen LogP contribution >= 0.6 is 11.8 Å². The zero-order valence-corrected chi connectivity index (χ0v) is 17.2. The third-order valence-corrected chi connectivity index (χ3v) is 6.13. The summed E-state index contributed by atoms with van der Waals surface area (Å²) in [6.07, 6.45) is 0.345. The molecular formula is C24H22N2O2S. The standard InChI is InChI=1S/C24H22N2O2S/c1-16-7-3-4-8-19(16)25-23(27)15-22-24(17-11-13-18(28-2)14-12-17)26-20-9-5-6-10-21(20)29-22/h3-14,22H,15H2,1-2H3,(H,25,27)/t22-/m0/s1. The Kier molecular flexibility index (Phi) is 5.67. The number of methoxy groups -OCH3 is 1. The monoisotopic (exact) mass is 402 g/mol. The van der Waals surface area contributed by atoms with Gasteiger partial charge in [-0.25, -0.2) is 0 Å². The summed E-state index contributed by atoms with van der Waals surface area (Å²) in [7, 11) is 1.65. The molecule has 1 aliphatic heterocycles. The second kappa shape index (κ2) is 8.53. The molecule has 0 radical (unpaired) electrons. The number of amides is 1. The Balaban J connectivity index is 1.61. The second-order valence-corrected chi connectivity index (χ2v) is 8.11. The number of ether oxygens (including phenoxy) is 1. The molecule has 4 rings (SSSR count). The molecule has 0 bridgehead atoms. The van der Waals surface area contributed by atoms with Crippen molar-refractivity contribution in [2.45, 2.75) is 23.5 Å². The van der Waals surface area contributed by atoms with Gasteiger partial charge in [-0.05, 0) is 60.5 Å². The fourth-order valence-electron chi connectivity index (χ4n) is 3.29. The number of anilines is 1. The van der Waals surface area contributed by atoms with Crippen LogP contribution in [-0.2, 0) is 4.79 Å². The zero-order chi connectivity index (χ0) is 20.2. The number of aliphatic imine (C=N–C) groups is 1. The molecule has 0 unspecified atom stereocenters. The van der Waals surface area contributed by atoms with Gasteiger partial charge in [0.05, 0.1) is 23.8 Å². The largest absolute Gasteiger partial charge is 0.497 e. The Morgan fingerprint density at radius 3 is 2.52 bits per heavy atom. The van der Waals surface area contributed by atoms with Crippen molar-refractivity contribution in [1.29, 1.82) is 0 Å². The number of aryl methyl sites for hydroxylation is 1. The van der Waals surface area contributed by atoms with Crippen molar-refractivity contribution in [1.82, 2.24) is 0 Å². The highest BCUT2D eigenvalue weighted by Gasteiger charge is 2.27. The van der Waals surface area contributed by atoms with Crippen LogP contribution in [0.25, 0.3) is 0 Å². The van der Waals surface area contributed by atoms with E-state index in [1.807, 2.05) is 73.7 Å². The predicted octanol–water partition coefficient (Wildman–Crippen LogP) is 5.63. The minimum atomic E-state index is -0.0673. The van der Waals surface area contributed by atoms with Gasteiger partial charge < -0.3 is 10.1 Å². The summed E-state index contributed by atoms with van der Waals surface area (Å²) in [5.74, 6) is 0.782. The molecule has 1 heterocycles. The fourth-order valence-corrected chi connectivity index (χ4v) is 4.53. The number of nitrogens with one attached hydrogen (secondary N) is 1. The molecule has 1 aliphatic rings. The number of fused-ring (bicyclic) bond motifs is 1. The lowest BCUT2D eigenvalue weighted by molar-refractivity contribution is -0.116. The molecule has 29 heavy (non-hydrogen) atoms. The molecule has 0 aliphatic carbocycles. The summed E-state index contributed by atoms with van der Waals surface area (Å²) in [6.45, 7) is 1.99. The van der Waals surface area contributed by atoms with Crippen molar-refractivity contribution in [3.63, 3.8) is 0 Å². The molecule has 1 N–H and O–H groups in total. The molecule has 3 aromatic rings. The molecular weight excluding hydrogens is 380 g/mol. The van der Waals surface area contributed by atoms with Crippen LogP contribution in [0.15, 0.2) is 82.7 Å². The second-order valence-electron chi connectivity index (χ2n) is 6.87. The first kappa shape index (κ1) is 19.3. The van der Waals surface area contributed by atoms with Crippen LogP contribution < -0.4 is 10.1 Å². The van der Waals surface area contributed by atoms with E-state index >= 15 is 0 Å². The highest BCUT2D eigenvalue weighted by molar-refractivity contribution is 8.01. The van der Waals surface area contributed by atoms with Crippen LogP contribution in [0, 0.1) is 6.92 Å². The first-order valence-corrected chi connectivity index (χ1v) is 10.4. The van der Waals surface area contributed by atoms with E-state index in [2.05, 4.69) is 11.4 Å². The minimum absolute atomic E-state index is 0.0163. The average molecular weight is 403 g/mol. The van der Waals surface area contributed by atoms with Crippen LogP contribution in [0.3, 0.4) is 0 Å². The Bertz CT molecular complexity index is 1060. The number of carbonyl (C=O) groups excluding carboxylic acids is 1. The Hall–Kier alpha value is -3.05. The Morgan fingerprint density at radius 1 is 1.03 bits per heavy atom. The maximum Gasteiger partial charge on any atom is 0.225 e. The van der Waals surface area contributed by atoms with Crippen molar-refractivity contribution >= 4 is 34.8 Å². The number of rotatable bonds is 5. The number of para-hydroxylation sites is 2. The van der Waals surface area contributed by atoms with Gasteiger partial charge in [-0.3, -0.25) is 9.79 Å². The van der Waals surface area contributed by atoms with Gasteiger partial charge in [0.2, 0.25) is 5.91 Å². The quantitative estimate of drug-likeness (QED) is 0.602. The van der Waals surface area contributed by atoms with Gasteiger partial charge in [-0.1, -0.05) is 30.3 Å². The minimum Gasteiger partial charge on any atom is -0.497 e. The van der Waals surface area contributed by atoms with Gasteiger partial charge in [0.1, 0.15) is 5.75 Å². The molecule has 0 saturated heterocycles. The van der Waals surface area contributed by atoms with Crippen LogP contribution in [0.2, 0.25) is 0 Å². The molecule has 3 aromatic carbocycles. The van der Waals surface area contributed by atoms with E-state index < -0.39 is 0 Å². The molecule has 4 nitrogen and oxygen atoms in total. The summed E-state index contributed by atoms with van der Waals surface area (Å²) in [5, 5.41) is 2.98. The van der Waals surface area contributed by atoms with Crippen molar-refractivity contribution in [2.24, 2.45) is 4.99 Å². The van der Waals surface area contributed by atoms with E-state index in [1.54, 1.807) is 18.9 Å². The summed E-state index contributed by atoms with van der Waals surface area (Å²) >= 11 is 1.69. The van der Waals surface area contributed by atoms with Crippen LogP contribution in [0.4, 0.5) is 11.4 Å². The lowest BCUT2D eigenvalue weighted by atomic mass is 10.0. The molecule has 0 aromatic heterocycles. The molecule has 146 valence electrons. The van der Waals surface area contributed by atoms with Crippen molar-refractivity contribution in [2.75, 3.05) is 12.4 Å². The number of nitrogens with zero attached hydrogens (tertiary/aromatic N) is 1. The summed E-state index contributed by atoms with van der Waals surface area (Å²) in [5.41, 5.74) is 4.75. The maximum absolute atomic E-state index is 12.8. The number of hydrogen-bond donors (Lipinski definition) is 1.